The Balaban J connectivity index is 1.45. The quantitative estimate of drug-likeness (QED) is 0.124. The molecule has 11 heteroatoms. The fraction of sp³-hybridized carbons (Fsp3) is 0.321. The fourth-order valence-corrected chi connectivity index (χ4v) is 6.63. The molecule has 1 aliphatic carbocycles. The second kappa shape index (κ2) is 12.9. The summed E-state index contributed by atoms with van der Waals surface area (Å²) in [5, 5.41) is 16.8. The standard InChI is InChI=1S/C28H29N3O6S2/c1-3-22(26(33)30-27-24(28(34)37-4-2)21-10-5-6-11-23(21)39-27)38-20-9-7-8-18(16-20)29-25(32)17-12-14-19(15-13-17)31(35)36/h7-9,12-16,22H,3-6,10-11H2,1-2H3,(H,29,32)(H,30,33). The molecule has 1 aliphatic rings. The normalized spacial score (nSPS) is 13.2. The van der Waals surface area contributed by atoms with E-state index in [9.17, 15) is 24.5 Å². The van der Waals surface area contributed by atoms with Crippen LogP contribution in [0.5, 0.6) is 0 Å². The molecule has 0 fully saturated rings. The third kappa shape index (κ3) is 6.85. The molecule has 1 unspecified atom stereocenters. The minimum atomic E-state index is -0.521. The number of carbonyl (C=O) groups excluding carboxylic acids is 3. The third-order valence-corrected chi connectivity index (χ3v) is 8.83. The van der Waals surface area contributed by atoms with E-state index in [2.05, 4.69) is 10.6 Å². The van der Waals surface area contributed by atoms with Crippen LogP contribution in [-0.2, 0) is 22.4 Å². The first kappa shape index (κ1) is 28.3. The summed E-state index contributed by atoms with van der Waals surface area (Å²) in [6.45, 7) is 3.95. The highest BCUT2D eigenvalue weighted by Gasteiger charge is 2.29. The van der Waals surface area contributed by atoms with Crippen LogP contribution in [0.25, 0.3) is 0 Å². The number of non-ortho nitro benzene ring substituents is 1. The van der Waals surface area contributed by atoms with Gasteiger partial charge in [-0.3, -0.25) is 19.7 Å². The first-order valence-corrected chi connectivity index (χ1v) is 14.4. The number of ether oxygens (including phenoxy) is 1. The van der Waals surface area contributed by atoms with Gasteiger partial charge < -0.3 is 15.4 Å². The van der Waals surface area contributed by atoms with Crippen LogP contribution in [0.3, 0.4) is 0 Å². The molecule has 0 saturated heterocycles. The molecule has 9 nitrogen and oxygen atoms in total. The van der Waals surface area contributed by atoms with Gasteiger partial charge in [-0.2, -0.15) is 0 Å². The molecular weight excluding hydrogens is 538 g/mol. The molecular formula is C28H29N3O6S2. The highest BCUT2D eigenvalue weighted by atomic mass is 32.2. The third-order valence-electron chi connectivity index (χ3n) is 6.26. The molecule has 0 radical (unpaired) electrons. The molecule has 2 amide bonds. The van der Waals surface area contributed by atoms with E-state index in [4.69, 9.17) is 4.74 Å². The molecule has 204 valence electrons. The van der Waals surface area contributed by atoms with Crippen LogP contribution in [0.4, 0.5) is 16.4 Å². The second-order valence-corrected chi connectivity index (χ2v) is 11.3. The molecule has 1 heterocycles. The number of hydrogen-bond donors (Lipinski definition) is 2. The van der Waals surface area contributed by atoms with Gasteiger partial charge in [-0.25, -0.2) is 4.79 Å². The number of esters is 1. The van der Waals surface area contributed by atoms with Gasteiger partial charge in [-0.1, -0.05) is 13.0 Å². The molecule has 2 N–H and O–H groups in total. The summed E-state index contributed by atoms with van der Waals surface area (Å²) in [5.74, 6) is -0.999. The molecule has 0 saturated carbocycles. The van der Waals surface area contributed by atoms with Gasteiger partial charge in [0.15, 0.2) is 0 Å². The van der Waals surface area contributed by atoms with Gasteiger partial charge in [0.25, 0.3) is 11.6 Å². The number of benzene rings is 2. The van der Waals surface area contributed by atoms with E-state index in [-0.39, 0.29) is 18.2 Å². The molecule has 39 heavy (non-hydrogen) atoms. The van der Waals surface area contributed by atoms with Gasteiger partial charge in [-0.05, 0) is 74.9 Å². The fourth-order valence-electron chi connectivity index (χ4n) is 4.34. The first-order valence-electron chi connectivity index (χ1n) is 12.8. The van der Waals surface area contributed by atoms with Crippen molar-refractivity contribution in [2.45, 2.75) is 56.1 Å². The monoisotopic (exact) mass is 567 g/mol. The van der Waals surface area contributed by atoms with Crippen LogP contribution in [0.2, 0.25) is 0 Å². The van der Waals surface area contributed by atoms with Gasteiger partial charge in [-0.15, -0.1) is 23.1 Å². The molecule has 0 bridgehead atoms. The Kier molecular flexibility index (Phi) is 9.36. The summed E-state index contributed by atoms with van der Waals surface area (Å²) < 4.78 is 5.30. The van der Waals surface area contributed by atoms with Crippen LogP contribution in [0.1, 0.15) is 64.3 Å². The summed E-state index contributed by atoms with van der Waals surface area (Å²) in [6.07, 6.45) is 4.32. The minimum absolute atomic E-state index is 0.0917. The average molecular weight is 568 g/mol. The number of carbonyl (C=O) groups is 3. The highest BCUT2D eigenvalue weighted by Crippen LogP contribution is 2.39. The molecule has 0 spiro atoms. The van der Waals surface area contributed by atoms with Crippen molar-refractivity contribution in [3.63, 3.8) is 0 Å². The number of hydrogen-bond acceptors (Lipinski definition) is 8. The first-order chi connectivity index (χ1) is 18.8. The molecule has 1 aromatic heterocycles. The van der Waals surface area contributed by atoms with E-state index >= 15 is 0 Å². The van der Waals surface area contributed by atoms with Crippen LogP contribution in [0, 0.1) is 10.1 Å². The van der Waals surface area contributed by atoms with Gasteiger partial charge in [0.1, 0.15) is 5.00 Å². The summed E-state index contributed by atoms with van der Waals surface area (Å²) in [4.78, 5) is 50.9. The van der Waals surface area contributed by atoms with Crippen LogP contribution < -0.4 is 10.6 Å². The van der Waals surface area contributed by atoms with Gasteiger partial charge in [0.05, 0.1) is 22.3 Å². The lowest BCUT2D eigenvalue weighted by Gasteiger charge is -2.16. The van der Waals surface area contributed by atoms with Crippen molar-refractivity contribution in [1.82, 2.24) is 0 Å². The number of nitrogens with zero attached hydrogens (tertiary/aromatic N) is 1. The van der Waals surface area contributed by atoms with E-state index in [1.165, 1.54) is 47.4 Å². The van der Waals surface area contributed by atoms with E-state index in [0.29, 0.717) is 28.2 Å². The maximum absolute atomic E-state index is 13.3. The smallest absolute Gasteiger partial charge is 0.341 e. The Labute approximate surface area is 234 Å². The number of amides is 2. The van der Waals surface area contributed by atoms with E-state index < -0.39 is 22.0 Å². The number of thioether (sulfide) groups is 1. The molecule has 1 atom stereocenters. The van der Waals surface area contributed by atoms with Crippen molar-refractivity contribution in [2.24, 2.45) is 0 Å². The Hall–Kier alpha value is -3.70. The van der Waals surface area contributed by atoms with E-state index in [1.54, 1.807) is 25.1 Å². The van der Waals surface area contributed by atoms with E-state index in [0.717, 1.165) is 41.0 Å². The topological polar surface area (TPSA) is 128 Å². The Bertz CT molecular complexity index is 1390. The SMILES string of the molecule is CCOC(=O)c1c(NC(=O)C(CC)Sc2cccc(NC(=O)c3ccc([N+](=O)[O-])cc3)c2)sc2c1CCCC2. The Morgan fingerprint density at radius 2 is 1.82 bits per heavy atom. The predicted molar refractivity (Wildman–Crippen MR) is 153 cm³/mol. The van der Waals surface area contributed by atoms with Crippen molar-refractivity contribution in [2.75, 3.05) is 17.2 Å². The number of nitro benzene ring substituents is 1. The zero-order valence-electron chi connectivity index (χ0n) is 21.7. The van der Waals surface area contributed by atoms with Gasteiger partial charge >= 0.3 is 5.97 Å². The molecule has 2 aromatic carbocycles. The number of thiophene rings is 1. The molecule has 3 aromatic rings. The van der Waals surface area contributed by atoms with Crippen molar-refractivity contribution in [3.8, 4) is 0 Å². The summed E-state index contributed by atoms with van der Waals surface area (Å²) in [6, 6.07) is 12.5. The van der Waals surface area contributed by atoms with Crippen molar-refractivity contribution in [3.05, 3.63) is 80.2 Å². The van der Waals surface area contributed by atoms with Gasteiger partial charge in [0.2, 0.25) is 5.91 Å². The van der Waals surface area contributed by atoms with Crippen LogP contribution >= 0.6 is 23.1 Å². The Morgan fingerprint density at radius 3 is 2.51 bits per heavy atom. The number of nitrogens with one attached hydrogen (secondary N) is 2. The van der Waals surface area contributed by atoms with Crippen LogP contribution in [0.15, 0.2) is 53.4 Å². The van der Waals surface area contributed by atoms with Crippen molar-refractivity contribution < 1.29 is 24.0 Å². The Morgan fingerprint density at radius 1 is 1.08 bits per heavy atom. The lowest BCUT2D eigenvalue weighted by Crippen LogP contribution is -2.25. The largest absolute Gasteiger partial charge is 0.462 e. The number of aryl methyl sites for hydroxylation is 1. The predicted octanol–water partition coefficient (Wildman–Crippen LogP) is 6.47. The minimum Gasteiger partial charge on any atom is -0.462 e. The van der Waals surface area contributed by atoms with Crippen molar-refractivity contribution in [1.29, 1.82) is 0 Å². The highest BCUT2D eigenvalue weighted by molar-refractivity contribution is 8.00. The number of anilines is 2. The van der Waals surface area contributed by atoms with Gasteiger partial charge in [0, 0.05) is 33.2 Å². The van der Waals surface area contributed by atoms with Crippen LogP contribution in [-0.4, -0.2) is 34.6 Å². The lowest BCUT2D eigenvalue weighted by atomic mass is 9.95. The number of fused-ring (bicyclic) bond motifs is 1. The van der Waals surface area contributed by atoms with E-state index in [1.807, 2.05) is 13.0 Å². The van der Waals surface area contributed by atoms with Crippen molar-refractivity contribution >= 4 is 57.3 Å². The maximum Gasteiger partial charge on any atom is 0.341 e. The maximum atomic E-state index is 13.3. The zero-order valence-corrected chi connectivity index (χ0v) is 23.3. The zero-order chi connectivity index (χ0) is 27.9. The summed E-state index contributed by atoms with van der Waals surface area (Å²) in [5.41, 5.74) is 2.22. The molecule has 0 aliphatic heterocycles. The average Bonchev–Trinajstić information content (AvgIpc) is 3.29. The number of nitro groups is 1. The lowest BCUT2D eigenvalue weighted by molar-refractivity contribution is -0.384. The summed E-state index contributed by atoms with van der Waals surface area (Å²) >= 11 is 2.83. The second-order valence-electron chi connectivity index (χ2n) is 8.93. The molecule has 4 rings (SSSR count). The summed E-state index contributed by atoms with van der Waals surface area (Å²) in [7, 11) is 0. The number of rotatable bonds is 10.